The molecule has 0 amide bonds. The van der Waals surface area contributed by atoms with Gasteiger partial charge in [-0.25, -0.2) is 0 Å². The number of rotatable bonds is 2. The molecule has 1 saturated heterocycles. The molecule has 2 fully saturated rings. The minimum atomic E-state index is 0.464. The molecule has 88 valence electrons. The second-order valence-electron chi connectivity index (χ2n) is 5.93. The van der Waals surface area contributed by atoms with Crippen LogP contribution in [0, 0.1) is 5.92 Å². The second kappa shape index (κ2) is 4.84. The van der Waals surface area contributed by atoms with E-state index in [0.29, 0.717) is 11.6 Å². The summed E-state index contributed by atoms with van der Waals surface area (Å²) >= 11 is 0. The molecule has 0 radical (unpaired) electrons. The van der Waals surface area contributed by atoms with Gasteiger partial charge in [-0.3, -0.25) is 0 Å². The lowest BCUT2D eigenvalue weighted by Crippen LogP contribution is -2.63. The average molecular weight is 210 g/mol. The first-order valence-electron chi connectivity index (χ1n) is 6.69. The highest BCUT2D eigenvalue weighted by Crippen LogP contribution is 2.29. The maximum absolute atomic E-state index is 3.83. The molecule has 0 aromatic heterocycles. The van der Waals surface area contributed by atoms with Gasteiger partial charge in [0.25, 0.3) is 0 Å². The fraction of sp³-hybridized carbons (Fsp3) is 1.00. The second-order valence-corrected chi connectivity index (χ2v) is 5.93. The molecule has 1 spiro atoms. The third kappa shape index (κ3) is 2.94. The summed E-state index contributed by atoms with van der Waals surface area (Å²) in [6, 6.07) is 0.706. The van der Waals surface area contributed by atoms with Crippen molar-refractivity contribution in [3.8, 4) is 0 Å². The van der Waals surface area contributed by atoms with Crippen LogP contribution in [0.4, 0.5) is 0 Å². The van der Waals surface area contributed by atoms with Gasteiger partial charge in [0.15, 0.2) is 0 Å². The van der Waals surface area contributed by atoms with Gasteiger partial charge in [0, 0.05) is 24.7 Å². The summed E-state index contributed by atoms with van der Waals surface area (Å²) in [5.74, 6) is 0.810. The largest absolute Gasteiger partial charge is 0.311 e. The fourth-order valence-electron chi connectivity index (χ4n) is 3.13. The van der Waals surface area contributed by atoms with Crippen molar-refractivity contribution in [3.63, 3.8) is 0 Å². The summed E-state index contributed by atoms with van der Waals surface area (Å²) in [5.41, 5.74) is 0.464. The summed E-state index contributed by atoms with van der Waals surface area (Å²) < 4.78 is 0. The van der Waals surface area contributed by atoms with Crippen molar-refractivity contribution in [2.45, 2.75) is 64.0 Å². The van der Waals surface area contributed by atoms with E-state index in [0.717, 1.165) is 5.92 Å². The average Bonchev–Trinajstić information content (AvgIpc) is 2.23. The zero-order valence-electron chi connectivity index (χ0n) is 10.3. The molecule has 15 heavy (non-hydrogen) atoms. The van der Waals surface area contributed by atoms with Crippen LogP contribution in [0.5, 0.6) is 0 Å². The highest BCUT2D eigenvalue weighted by molar-refractivity contribution is 4.98. The van der Waals surface area contributed by atoms with Crippen LogP contribution in [-0.4, -0.2) is 24.7 Å². The van der Waals surface area contributed by atoms with Crippen molar-refractivity contribution in [2.24, 2.45) is 5.92 Å². The lowest BCUT2D eigenvalue weighted by atomic mass is 9.79. The monoisotopic (exact) mass is 210 g/mol. The van der Waals surface area contributed by atoms with Crippen LogP contribution < -0.4 is 10.6 Å². The molecule has 2 aliphatic rings. The van der Waals surface area contributed by atoms with Gasteiger partial charge < -0.3 is 10.6 Å². The third-order valence-electron chi connectivity index (χ3n) is 4.02. The molecule has 1 atom stereocenters. The minimum Gasteiger partial charge on any atom is -0.311 e. The van der Waals surface area contributed by atoms with Gasteiger partial charge in [0.05, 0.1) is 0 Å². The predicted octanol–water partition coefficient (Wildman–Crippen LogP) is 2.30. The Hall–Kier alpha value is -0.0800. The molecule has 1 heterocycles. The molecule has 2 rings (SSSR count). The molecule has 1 aliphatic heterocycles. The van der Waals surface area contributed by atoms with E-state index in [9.17, 15) is 0 Å². The lowest BCUT2D eigenvalue weighted by Gasteiger charge is -2.45. The standard InChI is InChI=1S/C13H26N2/c1-11(2)8-12-9-15-13(10-14-12)6-4-3-5-7-13/h11-12,14-15H,3-10H2,1-2H3. The minimum absolute atomic E-state index is 0.464. The Balaban J connectivity index is 1.80. The van der Waals surface area contributed by atoms with E-state index in [-0.39, 0.29) is 0 Å². The summed E-state index contributed by atoms with van der Waals surface area (Å²) in [4.78, 5) is 0. The van der Waals surface area contributed by atoms with E-state index in [1.165, 1.54) is 51.6 Å². The Morgan fingerprint density at radius 3 is 2.47 bits per heavy atom. The van der Waals surface area contributed by atoms with Crippen molar-refractivity contribution < 1.29 is 0 Å². The maximum atomic E-state index is 3.83. The molecule has 0 aromatic rings. The van der Waals surface area contributed by atoms with E-state index in [1.54, 1.807) is 0 Å². The molecule has 1 unspecified atom stereocenters. The van der Waals surface area contributed by atoms with E-state index in [2.05, 4.69) is 24.5 Å². The van der Waals surface area contributed by atoms with Gasteiger partial charge in [-0.05, 0) is 25.2 Å². The van der Waals surface area contributed by atoms with Crippen LogP contribution in [0.1, 0.15) is 52.4 Å². The number of nitrogens with one attached hydrogen (secondary N) is 2. The SMILES string of the molecule is CC(C)CC1CNC2(CCCCC2)CN1. The van der Waals surface area contributed by atoms with Crippen LogP contribution in [0.25, 0.3) is 0 Å². The molecule has 0 bridgehead atoms. The first-order valence-corrected chi connectivity index (χ1v) is 6.69. The van der Waals surface area contributed by atoms with Gasteiger partial charge in [-0.15, -0.1) is 0 Å². The van der Waals surface area contributed by atoms with Gasteiger partial charge in [0.1, 0.15) is 0 Å². The predicted molar refractivity (Wildman–Crippen MR) is 65.1 cm³/mol. The van der Waals surface area contributed by atoms with Gasteiger partial charge in [-0.1, -0.05) is 33.1 Å². The molecule has 2 heteroatoms. The van der Waals surface area contributed by atoms with E-state index >= 15 is 0 Å². The zero-order chi connectivity index (χ0) is 10.7. The summed E-state index contributed by atoms with van der Waals surface area (Å²) in [6.07, 6.45) is 8.36. The molecule has 2 N–H and O–H groups in total. The first-order chi connectivity index (χ1) is 7.20. The van der Waals surface area contributed by atoms with Crippen molar-refractivity contribution >= 4 is 0 Å². The van der Waals surface area contributed by atoms with Gasteiger partial charge in [-0.2, -0.15) is 0 Å². The molecular weight excluding hydrogens is 184 g/mol. The quantitative estimate of drug-likeness (QED) is 0.731. The maximum Gasteiger partial charge on any atom is 0.0307 e. The molecule has 1 aliphatic carbocycles. The Morgan fingerprint density at radius 2 is 1.93 bits per heavy atom. The Kier molecular flexibility index (Phi) is 3.68. The number of piperazine rings is 1. The number of hydrogen-bond donors (Lipinski definition) is 2. The Morgan fingerprint density at radius 1 is 1.20 bits per heavy atom. The molecule has 0 aromatic carbocycles. The van der Waals surface area contributed by atoms with Crippen LogP contribution in [0.3, 0.4) is 0 Å². The first kappa shape index (κ1) is 11.4. The van der Waals surface area contributed by atoms with E-state index in [1.807, 2.05) is 0 Å². The van der Waals surface area contributed by atoms with Crippen molar-refractivity contribution in [1.29, 1.82) is 0 Å². The van der Waals surface area contributed by atoms with E-state index < -0.39 is 0 Å². The smallest absolute Gasteiger partial charge is 0.0307 e. The van der Waals surface area contributed by atoms with Crippen molar-refractivity contribution in [3.05, 3.63) is 0 Å². The van der Waals surface area contributed by atoms with Crippen LogP contribution >= 0.6 is 0 Å². The van der Waals surface area contributed by atoms with Crippen LogP contribution in [-0.2, 0) is 0 Å². The topological polar surface area (TPSA) is 24.1 Å². The van der Waals surface area contributed by atoms with Gasteiger partial charge in [0.2, 0.25) is 0 Å². The summed E-state index contributed by atoms with van der Waals surface area (Å²) in [7, 11) is 0. The lowest BCUT2D eigenvalue weighted by molar-refractivity contribution is 0.167. The highest BCUT2D eigenvalue weighted by Gasteiger charge is 2.35. The zero-order valence-corrected chi connectivity index (χ0v) is 10.3. The summed E-state index contributed by atoms with van der Waals surface area (Å²) in [5, 5.41) is 7.58. The van der Waals surface area contributed by atoms with Crippen molar-refractivity contribution in [2.75, 3.05) is 13.1 Å². The molecule has 2 nitrogen and oxygen atoms in total. The van der Waals surface area contributed by atoms with Crippen LogP contribution in [0.2, 0.25) is 0 Å². The fourth-order valence-corrected chi connectivity index (χ4v) is 3.13. The Labute approximate surface area is 94.2 Å². The molecular formula is C13H26N2. The molecule has 1 saturated carbocycles. The van der Waals surface area contributed by atoms with E-state index in [4.69, 9.17) is 0 Å². The van der Waals surface area contributed by atoms with Gasteiger partial charge >= 0.3 is 0 Å². The van der Waals surface area contributed by atoms with Crippen molar-refractivity contribution in [1.82, 2.24) is 10.6 Å². The number of hydrogen-bond acceptors (Lipinski definition) is 2. The highest BCUT2D eigenvalue weighted by atomic mass is 15.1. The Bertz CT molecular complexity index is 185. The van der Waals surface area contributed by atoms with Crippen LogP contribution in [0.15, 0.2) is 0 Å². The summed E-state index contributed by atoms with van der Waals surface area (Å²) in [6.45, 7) is 7.00. The normalized spacial score (nSPS) is 31.0. The third-order valence-corrected chi connectivity index (χ3v) is 4.02.